The van der Waals surface area contributed by atoms with Gasteiger partial charge in [0, 0.05) is 11.3 Å². The zero-order valence-electron chi connectivity index (χ0n) is 26.7. The summed E-state index contributed by atoms with van der Waals surface area (Å²) in [6.07, 6.45) is 10.6. The smallest absolute Gasteiger partial charge is 0.321 e. The maximum atomic E-state index is 12.8. The molecule has 7 heteroatoms. The molecule has 1 N–H and O–H groups in total. The Hall–Kier alpha value is -0.780. The molecule has 234 valence electrons. The summed E-state index contributed by atoms with van der Waals surface area (Å²) in [5, 5.41) is 10.3. The van der Waals surface area contributed by atoms with Crippen molar-refractivity contribution in [3.8, 4) is 0 Å². The van der Waals surface area contributed by atoms with Gasteiger partial charge in [0.15, 0.2) is 0 Å². The number of rotatable bonds is 8. The third-order valence-electron chi connectivity index (χ3n) is 12.9. The molecule has 4 rings (SSSR count). The van der Waals surface area contributed by atoms with Gasteiger partial charge in [-0.1, -0.05) is 46.3 Å². The number of ether oxygens (including phenoxy) is 2. The molecule has 5 nitrogen and oxygen atoms in total. The standard InChI is InChI=1S/C34H54Cl2O5/c1-21(10-9-14-30(2,3)39)22-11-16-34(8)29(22)23(40-27(37)19-35)18-25-32(6)15-13-26(41-28(38)20-36)31(4,5)24(32)12-17-33(25,34)7/h10,22-26,29,39H,9,11-20H2,1-8H3/b21-10+/t22-,23-,24+,25-,26+,29+,32+,33-,34-/m1/s1. The van der Waals surface area contributed by atoms with E-state index < -0.39 is 5.60 Å². The fraction of sp³-hybridized carbons (Fsp3) is 0.882. The number of allylic oxidation sites excluding steroid dienone is 2. The maximum Gasteiger partial charge on any atom is 0.321 e. The molecule has 0 heterocycles. The van der Waals surface area contributed by atoms with Gasteiger partial charge in [0.25, 0.3) is 0 Å². The summed E-state index contributed by atoms with van der Waals surface area (Å²) < 4.78 is 12.2. The van der Waals surface area contributed by atoms with Gasteiger partial charge in [0.05, 0.1) is 5.60 Å². The molecule has 0 aromatic rings. The van der Waals surface area contributed by atoms with Crippen molar-refractivity contribution in [2.75, 3.05) is 11.8 Å². The van der Waals surface area contributed by atoms with Crippen molar-refractivity contribution in [2.24, 2.45) is 45.3 Å². The molecule has 0 spiro atoms. The second-order valence-corrected chi connectivity index (χ2v) is 16.4. The number of halogens is 2. The lowest BCUT2D eigenvalue weighted by atomic mass is 9.35. The SMILES string of the molecule is C/C(=C\CCC(C)(C)O)[C@H]1CC[C@]2(C)[C@@H]1[C@H](OC(=O)CCl)C[C@@H]1[C@@]3(C)CC[C@H](OC(=O)CCl)C(C)(C)[C@@H]3CC[C@]12C. The van der Waals surface area contributed by atoms with Crippen molar-refractivity contribution in [1.29, 1.82) is 0 Å². The van der Waals surface area contributed by atoms with E-state index in [4.69, 9.17) is 32.7 Å². The van der Waals surface area contributed by atoms with Crippen LogP contribution in [-0.4, -0.2) is 46.6 Å². The minimum Gasteiger partial charge on any atom is -0.461 e. The Balaban J connectivity index is 1.70. The molecule has 0 saturated heterocycles. The fourth-order valence-corrected chi connectivity index (χ4v) is 10.9. The Labute approximate surface area is 258 Å². The second kappa shape index (κ2) is 11.6. The Kier molecular flexibility index (Phi) is 9.39. The van der Waals surface area contributed by atoms with E-state index >= 15 is 0 Å². The predicted molar refractivity (Wildman–Crippen MR) is 165 cm³/mol. The summed E-state index contributed by atoms with van der Waals surface area (Å²) in [5.41, 5.74) is 0.658. The van der Waals surface area contributed by atoms with E-state index in [0.717, 1.165) is 57.8 Å². The first-order valence-corrected chi connectivity index (χ1v) is 16.9. The molecule has 0 amide bonds. The number of aliphatic hydroxyl groups is 1. The van der Waals surface area contributed by atoms with Crippen LogP contribution in [-0.2, 0) is 19.1 Å². The zero-order valence-corrected chi connectivity index (χ0v) is 28.2. The number of fused-ring (bicyclic) bond motifs is 5. The topological polar surface area (TPSA) is 72.8 Å². The number of carbonyl (C=O) groups is 2. The summed E-state index contributed by atoms with van der Waals surface area (Å²) in [4.78, 5) is 25.0. The average Bonchev–Trinajstić information content (AvgIpc) is 3.25. The van der Waals surface area contributed by atoms with Crippen LogP contribution >= 0.6 is 23.2 Å². The number of carbonyl (C=O) groups excluding carboxylic acids is 2. The lowest BCUT2D eigenvalue weighted by Gasteiger charge is -2.70. The summed E-state index contributed by atoms with van der Waals surface area (Å²) in [5.74, 6) is 0.446. The van der Waals surface area contributed by atoms with Gasteiger partial charge in [0.2, 0.25) is 0 Å². The van der Waals surface area contributed by atoms with E-state index in [2.05, 4.69) is 47.6 Å². The molecule has 41 heavy (non-hydrogen) atoms. The molecule has 4 saturated carbocycles. The number of esters is 2. The Morgan fingerprint density at radius 1 is 0.902 bits per heavy atom. The van der Waals surface area contributed by atoms with Gasteiger partial charge in [-0.15, -0.1) is 23.2 Å². The van der Waals surface area contributed by atoms with Crippen LogP contribution in [0.2, 0.25) is 0 Å². The third-order valence-corrected chi connectivity index (χ3v) is 13.3. The quantitative estimate of drug-likeness (QED) is 0.170. The van der Waals surface area contributed by atoms with Crippen LogP contribution < -0.4 is 0 Å². The van der Waals surface area contributed by atoms with E-state index in [1.165, 1.54) is 5.57 Å². The van der Waals surface area contributed by atoms with Gasteiger partial charge in [-0.3, -0.25) is 9.59 Å². The summed E-state index contributed by atoms with van der Waals surface area (Å²) in [6, 6.07) is 0. The molecule has 9 atom stereocenters. The average molecular weight is 614 g/mol. The largest absolute Gasteiger partial charge is 0.461 e. The minimum atomic E-state index is -0.686. The monoisotopic (exact) mass is 612 g/mol. The summed E-state index contributed by atoms with van der Waals surface area (Å²) in [7, 11) is 0. The van der Waals surface area contributed by atoms with Crippen LogP contribution in [0, 0.1) is 45.3 Å². The van der Waals surface area contributed by atoms with Crippen molar-refractivity contribution < 1.29 is 24.2 Å². The van der Waals surface area contributed by atoms with Gasteiger partial charge in [0.1, 0.15) is 24.0 Å². The number of hydrogen-bond donors (Lipinski definition) is 1. The first-order chi connectivity index (χ1) is 18.9. The first-order valence-electron chi connectivity index (χ1n) is 15.8. The second-order valence-electron chi connectivity index (χ2n) is 15.8. The summed E-state index contributed by atoms with van der Waals surface area (Å²) >= 11 is 11.8. The molecule has 4 aliphatic rings. The molecule has 0 bridgehead atoms. The number of hydrogen-bond acceptors (Lipinski definition) is 5. The number of alkyl halides is 2. The minimum absolute atomic E-state index is 0.0171. The van der Waals surface area contributed by atoms with Crippen LogP contribution in [0.1, 0.15) is 113 Å². The van der Waals surface area contributed by atoms with Gasteiger partial charge in [-0.05, 0) is 113 Å². The molecule has 4 fully saturated rings. The fourth-order valence-electron chi connectivity index (χ4n) is 10.7. The van der Waals surface area contributed by atoms with Gasteiger partial charge in [-0.25, -0.2) is 0 Å². The van der Waals surface area contributed by atoms with Gasteiger partial charge < -0.3 is 14.6 Å². The lowest BCUT2D eigenvalue weighted by Crippen LogP contribution is -2.66. The van der Waals surface area contributed by atoms with E-state index in [9.17, 15) is 14.7 Å². The molecule has 0 aromatic heterocycles. The highest BCUT2D eigenvalue weighted by Gasteiger charge is 2.71. The highest BCUT2D eigenvalue weighted by Crippen LogP contribution is 2.76. The predicted octanol–water partition coefficient (Wildman–Crippen LogP) is 8.08. The van der Waals surface area contributed by atoms with E-state index in [1.54, 1.807) is 0 Å². The van der Waals surface area contributed by atoms with Crippen LogP contribution in [0.25, 0.3) is 0 Å². The van der Waals surface area contributed by atoms with Crippen LogP contribution in [0.4, 0.5) is 0 Å². The third kappa shape index (κ3) is 5.75. The van der Waals surface area contributed by atoms with Crippen molar-refractivity contribution in [3.63, 3.8) is 0 Å². The molecular weight excluding hydrogens is 559 g/mol. The zero-order chi connectivity index (χ0) is 30.6. The summed E-state index contributed by atoms with van der Waals surface area (Å²) in [6.45, 7) is 18.0. The van der Waals surface area contributed by atoms with E-state index in [-0.39, 0.29) is 63.5 Å². The van der Waals surface area contributed by atoms with Crippen molar-refractivity contribution in [2.45, 2.75) is 131 Å². The molecule has 0 radical (unpaired) electrons. The van der Waals surface area contributed by atoms with Crippen LogP contribution in [0.15, 0.2) is 11.6 Å². The normalized spacial score (nSPS) is 42.1. The van der Waals surface area contributed by atoms with Gasteiger partial charge >= 0.3 is 11.9 Å². The van der Waals surface area contributed by atoms with Crippen molar-refractivity contribution in [3.05, 3.63) is 11.6 Å². The maximum absolute atomic E-state index is 12.8. The first kappa shape index (κ1) is 33.1. The van der Waals surface area contributed by atoms with Gasteiger partial charge in [-0.2, -0.15) is 0 Å². The van der Waals surface area contributed by atoms with E-state index in [0.29, 0.717) is 17.8 Å². The lowest BCUT2D eigenvalue weighted by molar-refractivity contribution is -0.246. The molecule has 0 aromatic carbocycles. The Morgan fingerprint density at radius 3 is 2.12 bits per heavy atom. The van der Waals surface area contributed by atoms with E-state index in [1.807, 2.05) is 13.8 Å². The van der Waals surface area contributed by atoms with Crippen molar-refractivity contribution >= 4 is 35.1 Å². The van der Waals surface area contributed by atoms with Crippen LogP contribution in [0.5, 0.6) is 0 Å². The molecular formula is C34H54Cl2O5. The molecule has 4 aliphatic carbocycles. The molecule has 0 unspecified atom stereocenters. The highest BCUT2D eigenvalue weighted by molar-refractivity contribution is 6.26. The Morgan fingerprint density at radius 2 is 1.51 bits per heavy atom. The van der Waals surface area contributed by atoms with Crippen LogP contribution in [0.3, 0.4) is 0 Å². The molecule has 0 aliphatic heterocycles. The highest BCUT2D eigenvalue weighted by atomic mass is 35.5. The van der Waals surface area contributed by atoms with Crippen molar-refractivity contribution in [1.82, 2.24) is 0 Å². The Bertz CT molecular complexity index is 1030.